The fourth-order valence-electron chi connectivity index (χ4n) is 3.49. The highest BCUT2D eigenvalue weighted by Gasteiger charge is 2.08. The van der Waals surface area contributed by atoms with Crippen molar-refractivity contribution < 1.29 is 27.3 Å². The summed E-state index contributed by atoms with van der Waals surface area (Å²) in [6.45, 7) is 1.52. The first kappa shape index (κ1) is 31.9. The standard InChI is InChI=1S/C30H24O.C2H6O5S.H3N/c31-30-23-20-27(19-16-24-10-4-1-5-11-24)28(21-17-25-12-6-2-7-13-25)29(30)22-18-26-14-8-3-9-15-26;1-2-6-7-8(3,4)5;/h1-23,31H;2H2,1H3,(H,3,4,5);1H3/b19-16+,21-17+,22-18+;;. The van der Waals surface area contributed by atoms with Crippen molar-refractivity contribution in [3.05, 3.63) is 137 Å². The maximum atomic E-state index is 10.7. The van der Waals surface area contributed by atoms with Crippen LogP contribution >= 0.6 is 0 Å². The monoisotopic (exact) mass is 559 g/mol. The lowest BCUT2D eigenvalue weighted by molar-refractivity contribution is -0.203. The number of quaternary nitrogens is 1. The van der Waals surface area contributed by atoms with E-state index >= 15 is 0 Å². The predicted molar refractivity (Wildman–Crippen MR) is 163 cm³/mol. The zero-order valence-electron chi connectivity index (χ0n) is 22.4. The van der Waals surface area contributed by atoms with Gasteiger partial charge in [0.25, 0.3) is 0 Å². The van der Waals surface area contributed by atoms with E-state index in [0.29, 0.717) is 0 Å². The molecule has 0 saturated carbocycles. The average molecular weight is 560 g/mol. The number of hydrogen-bond donors (Lipinski definition) is 2. The Morgan fingerprint density at radius 2 is 1.07 bits per heavy atom. The minimum atomic E-state index is -4.66. The van der Waals surface area contributed by atoms with E-state index in [1.54, 1.807) is 6.07 Å². The summed E-state index contributed by atoms with van der Waals surface area (Å²) in [5, 5.41) is 10.7. The van der Waals surface area contributed by atoms with Crippen LogP contribution in [0.3, 0.4) is 0 Å². The fraction of sp³-hybridized carbons (Fsp3) is 0.0625. The second-order valence-electron chi connectivity index (χ2n) is 8.12. The van der Waals surface area contributed by atoms with Gasteiger partial charge >= 0.3 is 0 Å². The molecule has 0 amide bonds. The quantitative estimate of drug-likeness (QED) is 0.0710. The van der Waals surface area contributed by atoms with Crippen molar-refractivity contribution in [2.24, 2.45) is 0 Å². The Bertz CT molecular complexity index is 1500. The highest BCUT2D eigenvalue weighted by atomic mass is 32.3. The lowest BCUT2D eigenvalue weighted by Crippen LogP contribution is -2.04. The number of hydrogen-bond acceptors (Lipinski definition) is 6. The van der Waals surface area contributed by atoms with Gasteiger partial charge < -0.3 is 15.8 Å². The topological polar surface area (TPSA) is 132 Å². The molecule has 0 radical (unpaired) electrons. The third-order valence-electron chi connectivity index (χ3n) is 5.29. The van der Waals surface area contributed by atoms with E-state index in [0.717, 1.165) is 33.4 Å². The maximum absolute atomic E-state index is 10.7. The lowest BCUT2D eigenvalue weighted by Gasteiger charge is -2.09. The predicted octanol–water partition coefficient (Wildman–Crippen LogP) is 7.69. The molecule has 4 aromatic carbocycles. The van der Waals surface area contributed by atoms with Crippen LogP contribution in [0.4, 0.5) is 0 Å². The zero-order chi connectivity index (χ0) is 27.9. The highest BCUT2D eigenvalue weighted by molar-refractivity contribution is 7.80. The second kappa shape index (κ2) is 16.6. The number of phenols is 1. The number of phenolic OH excluding ortho intramolecular Hbond substituents is 1. The van der Waals surface area contributed by atoms with Gasteiger partial charge in [-0.3, -0.25) is 0 Å². The van der Waals surface area contributed by atoms with E-state index in [-0.39, 0.29) is 18.5 Å². The van der Waals surface area contributed by atoms with E-state index in [9.17, 15) is 18.1 Å². The summed E-state index contributed by atoms with van der Waals surface area (Å²) >= 11 is 0. The summed E-state index contributed by atoms with van der Waals surface area (Å²) in [5.74, 6) is 0.261. The Kier molecular flexibility index (Phi) is 13.2. The van der Waals surface area contributed by atoms with Crippen molar-refractivity contribution in [2.45, 2.75) is 6.92 Å². The van der Waals surface area contributed by atoms with E-state index in [1.807, 2.05) is 84.9 Å². The molecule has 0 unspecified atom stereocenters. The Balaban J connectivity index is 0.000000546. The normalized spacial score (nSPS) is 11.3. The molecule has 0 atom stereocenters. The Morgan fingerprint density at radius 3 is 1.48 bits per heavy atom. The molecule has 208 valence electrons. The molecular weight excluding hydrogens is 526 g/mol. The molecule has 0 spiro atoms. The largest absolute Gasteiger partial charge is 0.724 e. The molecule has 0 saturated heterocycles. The Hall–Kier alpha value is -4.31. The third-order valence-corrected chi connectivity index (χ3v) is 5.55. The number of aromatic hydroxyl groups is 1. The van der Waals surface area contributed by atoms with Crippen molar-refractivity contribution in [1.82, 2.24) is 6.15 Å². The van der Waals surface area contributed by atoms with Crippen molar-refractivity contribution in [1.29, 1.82) is 0 Å². The van der Waals surface area contributed by atoms with Crippen LogP contribution in [0.1, 0.15) is 40.3 Å². The molecule has 0 aliphatic carbocycles. The van der Waals surface area contributed by atoms with Gasteiger partial charge in [-0.25, -0.2) is 13.3 Å². The molecule has 4 rings (SSSR count). The number of rotatable bonds is 9. The van der Waals surface area contributed by atoms with Gasteiger partial charge in [-0.1, -0.05) is 134 Å². The van der Waals surface area contributed by atoms with E-state index in [1.165, 1.54) is 6.92 Å². The molecule has 7 nitrogen and oxygen atoms in total. The van der Waals surface area contributed by atoms with Gasteiger partial charge in [-0.15, -0.1) is 4.33 Å². The van der Waals surface area contributed by atoms with Crippen LogP contribution in [0.5, 0.6) is 5.75 Å². The fourth-order valence-corrected chi connectivity index (χ4v) is 3.71. The Morgan fingerprint density at radius 1 is 0.650 bits per heavy atom. The molecule has 0 bridgehead atoms. The molecule has 5 N–H and O–H groups in total. The van der Waals surface area contributed by atoms with Gasteiger partial charge in [0.1, 0.15) is 5.75 Å². The molecule has 4 aromatic rings. The SMILES string of the molecule is CCOOS(=O)(=O)[O-].Oc1ccc(/C=C/c2ccccc2)c(/C=C/c2ccccc2)c1/C=C/c1ccccc1.[NH4+]. The first-order valence-electron chi connectivity index (χ1n) is 12.2. The molecule has 0 aliphatic heterocycles. The summed E-state index contributed by atoms with van der Waals surface area (Å²) in [5.41, 5.74) is 6.15. The van der Waals surface area contributed by atoms with E-state index in [2.05, 4.69) is 57.8 Å². The minimum absolute atomic E-state index is 0. The molecular formula is C32H33NO6S. The smallest absolute Gasteiger partial charge is 0.245 e. The van der Waals surface area contributed by atoms with Crippen molar-refractivity contribution in [3.8, 4) is 5.75 Å². The van der Waals surface area contributed by atoms with Crippen LogP contribution in [-0.2, 0) is 19.6 Å². The van der Waals surface area contributed by atoms with Crippen LogP contribution in [-0.4, -0.2) is 24.7 Å². The summed E-state index contributed by atoms with van der Waals surface area (Å²) in [6, 6.07) is 34.2. The van der Waals surface area contributed by atoms with Gasteiger partial charge in [0.15, 0.2) is 0 Å². The van der Waals surface area contributed by atoms with Gasteiger partial charge in [-0.05, 0) is 40.8 Å². The third kappa shape index (κ3) is 11.2. The van der Waals surface area contributed by atoms with Gasteiger partial charge in [0.2, 0.25) is 10.4 Å². The molecule has 8 heteroatoms. The zero-order valence-corrected chi connectivity index (χ0v) is 23.2. The molecule has 0 aliphatic rings. The van der Waals surface area contributed by atoms with E-state index < -0.39 is 10.4 Å². The molecule has 40 heavy (non-hydrogen) atoms. The van der Waals surface area contributed by atoms with Crippen molar-refractivity contribution >= 4 is 46.9 Å². The second-order valence-corrected chi connectivity index (χ2v) is 9.07. The number of benzene rings is 4. The van der Waals surface area contributed by atoms with Gasteiger partial charge in [0.05, 0.1) is 6.61 Å². The van der Waals surface area contributed by atoms with Gasteiger partial charge in [-0.2, -0.15) is 0 Å². The molecule has 0 heterocycles. The molecule has 0 aromatic heterocycles. The van der Waals surface area contributed by atoms with Crippen LogP contribution in [0.2, 0.25) is 0 Å². The van der Waals surface area contributed by atoms with Crippen LogP contribution in [0.25, 0.3) is 36.5 Å². The summed E-state index contributed by atoms with van der Waals surface area (Å²) in [6.07, 6.45) is 12.4. The summed E-state index contributed by atoms with van der Waals surface area (Å²) < 4.78 is 31.8. The lowest BCUT2D eigenvalue weighted by atomic mass is 9.96. The highest BCUT2D eigenvalue weighted by Crippen LogP contribution is 2.30. The first-order valence-corrected chi connectivity index (χ1v) is 13.5. The minimum Gasteiger partial charge on any atom is -0.724 e. The van der Waals surface area contributed by atoms with Crippen molar-refractivity contribution in [2.75, 3.05) is 6.61 Å². The van der Waals surface area contributed by atoms with Crippen LogP contribution < -0.4 is 6.15 Å². The summed E-state index contributed by atoms with van der Waals surface area (Å²) in [7, 11) is -4.66. The average Bonchev–Trinajstić information content (AvgIpc) is 2.95. The maximum Gasteiger partial charge on any atom is 0.245 e. The van der Waals surface area contributed by atoms with Gasteiger partial charge in [0, 0.05) is 5.56 Å². The van der Waals surface area contributed by atoms with E-state index in [4.69, 9.17) is 0 Å². The summed E-state index contributed by atoms with van der Waals surface area (Å²) in [4.78, 5) is 3.80. The van der Waals surface area contributed by atoms with Crippen LogP contribution in [0, 0.1) is 0 Å². The molecule has 0 fully saturated rings. The first-order chi connectivity index (χ1) is 18.9. The Labute approximate surface area is 235 Å². The van der Waals surface area contributed by atoms with Crippen LogP contribution in [0.15, 0.2) is 103 Å². The van der Waals surface area contributed by atoms with Crippen molar-refractivity contribution in [3.63, 3.8) is 0 Å².